The van der Waals surface area contributed by atoms with Crippen LogP contribution in [0.15, 0.2) is 36.5 Å². The van der Waals surface area contributed by atoms with Gasteiger partial charge in [-0.05, 0) is 25.0 Å². The van der Waals surface area contributed by atoms with E-state index in [1.54, 1.807) is 17.9 Å². The second-order valence-corrected chi connectivity index (χ2v) is 7.44. The van der Waals surface area contributed by atoms with E-state index in [0.29, 0.717) is 18.2 Å². The largest absolute Gasteiger partial charge is 0.326 e. The molecule has 0 unspecified atom stereocenters. The molecule has 2 fully saturated rings. The van der Waals surface area contributed by atoms with Gasteiger partial charge in [0.15, 0.2) is 5.82 Å². The minimum absolute atomic E-state index is 0.217. The summed E-state index contributed by atoms with van der Waals surface area (Å²) < 4.78 is 1.80. The van der Waals surface area contributed by atoms with Crippen LogP contribution in [0.25, 0.3) is 16.6 Å². The summed E-state index contributed by atoms with van der Waals surface area (Å²) in [6.45, 7) is 0. The quantitative estimate of drug-likeness (QED) is 0.651. The predicted molar refractivity (Wildman–Crippen MR) is 102 cm³/mol. The van der Waals surface area contributed by atoms with E-state index in [1.165, 1.54) is 11.9 Å². The monoisotopic (exact) mass is 376 g/mol. The first kappa shape index (κ1) is 16.9. The molecule has 1 atom stereocenters. The van der Waals surface area contributed by atoms with Gasteiger partial charge in [-0.15, -0.1) is 0 Å². The number of hydrogen-bond acceptors (Lipinski definition) is 5. The van der Waals surface area contributed by atoms with Gasteiger partial charge in [-0.25, -0.2) is 14.5 Å². The first-order chi connectivity index (χ1) is 13.5. The number of carbonyl (C=O) groups excluding carboxylic acids is 2. The average molecular weight is 376 g/mol. The van der Waals surface area contributed by atoms with E-state index >= 15 is 0 Å². The highest BCUT2D eigenvalue weighted by atomic mass is 16.2. The summed E-state index contributed by atoms with van der Waals surface area (Å²) >= 11 is 0. The van der Waals surface area contributed by atoms with Crippen molar-refractivity contribution < 1.29 is 9.59 Å². The molecule has 8 heteroatoms. The van der Waals surface area contributed by atoms with E-state index < -0.39 is 6.04 Å². The van der Waals surface area contributed by atoms with Crippen LogP contribution in [-0.4, -0.2) is 61.6 Å². The molecule has 0 spiro atoms. The Hall–Kier alpha value is -3.29. The molecule has 0 bridgehead atoms. The minimum Gasteiger partial charge on any atom is -0.315 e. The molecular weight excluding hydrogens is 356 g/mol. The van der Waals surface area contributed by atoms with Gasteiger partial charge in [-0.3, -0.25) is 14.7 Å². The predicted octanol–water partition coefficient (Wildman–Crippen LogP) is 2.13. The van der Waals surface area contributed by atoms with Crippen molar-refractivity contribution in [3.05, 3.63) is 48.2 Å². The number of amides is 3. The van der Waals surface area contributed by atoms with Crippen LogP contribution >= 0.6 is 0 Å². The van der Waals surface area contributed by atoms with E-state index in [4.69, 9.17) is 10.1 Å². The van der Waals surface area contributed by atoms with Crippen molar-refractivity contribution in [3.8, 4) is 5.69 Å². The number of nitrogens with zero attached hydrogens (tertiary/aromatic N) is 6. The molecule has 1 aliphatic heterocycles. The summed E-state index contributed by atoms with van der Waals surface area (Å²) in [5.74, 6) is 1.64. The zero-order valence-electron chi connectivity index (χ0n) is 15.7. The highest BCUT2D eigenvalue weighted by Gasteiger charge is 2.42. The Morgan fingerprint density at radius 2 is 1.89 bits per heavy atom. The second kappa shape index (κ2) is 6.12. The fourth-order valence-corrected chi connectivity index (χ4v) is 3.71. The first-order valence-electron chi connectivity index (χ1n) is 9.39. The summed E-state index contributed by atoms with van der Waals surface area (Å²) in [5, 5.41) is 5.77. The molecule has 3 heterocycles. The van der Waals surface area contributed by atoms with Crippen LogP contribution < -0.4 is 0 Å². The van der Waals surface area contributed by atoms with Crippen molar-refractivity contribution in [2.24, 2.45) is 0 Å². The summed E-state index contributed by atoms with van der Waals surface area (Å²) in [6, 6.07) is 8.97. The van der Waals surface area contributed by atoms with Crippen molar-refractivity contribution in [1.82, 2.24) is 29.5 Å². The first-order valence-corrected chi connectivity index (χ1v) is 9.39. The van der Waals surface area contributed by atoms with Crippen LogP contribution in [0.2, 0.25) is 0 Å². The third kappa shape index (κ3) is 2.56. The smallest absolute Gasteiger partial charge is 0.315 e. The maximum atomic E-state index is 12.5. The van der Waals surface area contributed by atoms with E-state index in [0.717, 1.165) is 40.2 Å². The molecule has 2 aliphatic rings. The fourth-order valence-electron chi connectivity index (χ4n) is 3.71. The van der Waals surface area contributed by atoms with E-state index in [9.17, 15) is 9.59 Å². The zero-order valence-corrected chi connectivity index (χ0v) is 15.7. The van der Waals surface area contributed by atoms with Crippen molar-refractivity contribution in [1.29, 1.82) is 0 Å². The van der Waals surface area contributed by atoms with Gasteiger partial charge in [0.1, 0.15) is 11.9 Å². The van der Waals surface area contributed by atoms with Gasteiger partial charge in [0.25, 0.3) is 5.91 Å². The lowest BCUT2D eigenvalue weighted by Gasteiger charge is -2.16. The second-order valence-electron chi connectivity index (χ2n) is 7.44. The fraction of sp³-hybridized carbons (Fsp3) is 0.350. The van der Waals surface area contributed by atoms with Gasteiger partial charge in [-0.2, -0.15) is 5.10 Å². The van der Waals surface area contributed by atoms with Crippen molar-refractivity contribution in [2.45, 2.75) is 31.2 Å². The number of carbonyl (C=O) groups is 2. The normalized spacial score (nSPS) is 19.9. The van der Waals surface area contributed by atoms with Crippen LogP contribution in [0.4, 0.5) is 4.79 Å². The van der Waals surface area contributed by atoms with E-state index in [2.05, 4.69) is 4.98 Å². The van der Waals surface area contributed by atoms with Gasteiger partial charge in [0, 0.05) is 38.0 Å². The Labute approximate surface area is 161 Å². The van der Waals surface area contributed by atoms with Crippen LogP contribution in [0, 0.1) is 0 Å². The Balaban J connectivity index is 1.61. The lowest BCUT2D eigenvalue weighted by atomic mass is 10.1. The average Bonchev–Trinajstić information content (AvgIpc) is 3.46. The van der Waals surface area contributed by atoms with Crippen LogP contribution in [-0.2, 0) is 11.2 Å². The molecule has 1 aliphatic carbocycles. The number of imide groups is 1. The number of hydrogen-bond donors (Lipinski definition) is 0. The van der Waals surface area contributed by atoms with Crippen molar-refractivity contribution in [3.63, 3.8) is 0 Å². The van der Waals surface area contributed by atoms with Gasteiger partial charge in [0.2, 0.25) is 0 Å². The molecule has 142 valence electrons. The van der Waals surface area contributed by atoms with Gasteiger partial charge >= 0.3 is 6.03 Å². The maximum Gasteiger partial charge on any atom is 0.326 e. The molecule has 28 heavy (non-hydrogen) atoms. The third-order valence-electron chi connectivity index (χ3n) is 5.52. The molecule has 0 N–H and O–H groups in total. The summed E-state index contributed by atoms with van der Waals surface area (Å²) in [5.41, 5.74) is 1.66. The molecule has 3 amide bonds. The Morgan fingerprint density at radius 3 is 2.61 bits per heavy atom. The number of urea groups is 1. The van der Waals surface area contributed by atoms with Gasteiger partial charge in [0.05, 0.1) is 11.2 Å². The summed E-state index contributed by atoms with van der Waals surface area (Å²) in [7, 11) is 3.16. The molecular formula is C20H20N6O2. The zero-order chi connectivity index (χ0) is 19.4. The number of aromatic nitrogens is 4. The minimum atomic E-state index is -0.574. The van der Waals surface area contributed by atoms with Crippen molar-refractivity contribution >= 4 is 22.8 Å². The lowest BCUT2D eigenvalue weighted by Crippen LogP contribution is -2.34. The number of likely N-dealkylation sites (N-methyl/N-ethyl adjacent to an activating group) is 2. The summed E-state index contributed by atoms with van der Waals surface area (Å²) in [4.78, 5) is 36.6. The molecule has 1 aromatic carbocycles. The number of benzene rings is 1. The number of pyridine rings is 1. The molecule has 0 radical (unpaired) electrons. The van der Waals surface area contributed by atoms with Crippen LogP contribution in [0.5, 0.6) is 0 Å². The Morgan fingerprint density at radius 1 is 1.11 bits per heavy atom. The molecule has 3 aromatic rings. The third-order valence-corrected chi connectivity index (χ3v) is 5.52. The molecule has 5 rings (SSSR count). The van der Waals surface area contributed by atoms with Gasteiger partial charge in [-0.1, -0.05) is 18.2 Å². The van der Waals surface area contributed by atoms with Crippen LogP contribution in [0.1, 0.15) is 30.4 Å². The SMILES string of the molecule is CN1C(=O)[C@H](Cc2nc(C3CC3)nn2-c2cccc3cccnc23)N(C)C1=O. The lowest BCUT2D eigenvalue weighted by molar-refractivity contribution is -0.127. The number of para-hydroxylation sites is 1. The standard InChI is InChI=1S/C20H20N6O2/c1-24-15(19(27)25(2)20(24)28)11-16-22-18(13-8-9-13)23-26(16)14-7-3-5-12-6-4-10-21-17(12)14/h3-7,10,13,15H,8-9,11H2,1-2H3/t15-/m0/s1. The van der Waals surface area contributed by atoms with E-state index in [1.807, 2.05) is 30.3 Å². The van der Waals surface area contributed by atoms with E-state index in [-0.39, 0.29) is 11.9 Å². The summed E-state index contributed by atoms with van der Waals surface area (Å²) in [6.07, 6.45) is 4.24. The number of rotatable bonds is 4. The molecule has 1 saturated heterocycles. The Bertz CT molecular complexity index is 1100. The topological polar surface area (TPSA) is 84.2 Å². The van der Waals surface area contributed by atoms with Crippen LogP contribution in [0.3, 0.4) is 0 Å². The Kier molecular flexibility index (Phi) is 3.68. The van der Waals surface area contributed by atoms with Crippen molar-refractivity contribution in [2.75, 3.05) is 14.1 Å². The molecule has 8 nitrogen and oxygen atoms in total. The highest BCUT2D eigenvalue weighted by Crippen LogP contribution is 2.38. The highest BCUT2D eigenvalue weighted by molar-refractivity contribution is 6.03. The molecule has 1 saturated carbocycles. The number of fused-ring (bicyclic) bond motifs is 1. The molecule has 2 aromatic heterocycles. The maximum absolute atomic E-state index is 12.5. The van der Waals surface area contributed by atoms with Gasteiger partial charge < -0.3 is 4.90 Å².